The molecule has 4 heterocycles. The van der Waals surface area contributed by atoms with E-state index in [2.05, 4.69) is 68.3 Å². The smallest absolute Gasteiger partial charge is 0.103 e. The number of hydrogen-bond donors (Lipinski definition) is 2. The number of rotatable bonds is 6. The van der Waals surface area contributed by atoms with Gasteiger partial charge in [-0.25, -0.2) is 0 Å². The highest BCUT2D eigenvalue weighted by atomic mass is 15.2. The van der Waals surface area contributed by atoms with Gasteiger partial charge in [-0.05, 0) is 49.4 Å². The molecule has 5 rings (SSSR count). The molecule has 1 fully saturated rings. The number of anilines is 2. The lowest BCUT2D eigenvalue weighted by Crippen LogP contribution is -2.43. The number of nitrogens with zero attached hydrogens (tertiary/aromatic N) is 5. The van der Waals surface area contributed by atoms with E-state index in [1.807, 2.05) is 36.7 Å². The second kappa shape index (κ2) is 10.1. The maximum atomic E-state index is 9.72. The lowest BCUT2D eigenvalue weighted by molar-refractivity contribution is 0.147. The average molecular weight is 464 g/mol. The number of fused-ring (bicyclic) bond motifs is 1. The number of nitriles is 1. The van der Waals surface area contributed by atoms with Crippen LogP contribution in [0, 0.1) is 18.3 Å². The van der Waals surface area contributed by atoms with Crippen molar-refractivity contribution >= 4 is 34.4 Å². The van der Waals surface area contributed by atoms with E-state index in [0.29, 0.717) is 5.56 Å². The molecule has 0 atom stereocenters. The molecule has 0 spiro atoms. The lowest BCUT2D eigenvalue weighted by Gasteiger charge is -2.32. The summed E-state index contributed by atoms with van der Waals surface area (Å²) in [5, 5.41) is 14.4. The molecule has 0 radical (unpaired) electrons. The third-order valence-electron chi connectivity index (χ3n) is 6.64. The summed E-state index contributed by atoms with van der Waals surface area (Å²) in [5.74, 6) is 0. The van der Waals surface area contributed by atoms with Crippen molar-refractivity contribution in [1.29, 1.82) is 5.26 Å². The van der Waals surface area contributed by atoms with E-state index in [4.69, 9.17) is 0 Å². The summed E-state index contributed by atoms with van der Waals surface area (Å²) >= 11 is 0. The molecule has 1 aliphatic heterocycles. The van der Waals surface area contributed by atoms with Crippen LogP contribution < -0.4 is 5.32 Å². The van der Waals surface area contributed by atoms with Gasteiger partial charge in [-0.3, -0.25) is 14.9 Å². The van der Waals surface area contributed by atoms with Crippen LogP contribution in [-0.4, -0.2) is 58.0 Å². The molecule has 0 aliphatic carbocycles. The molecule has 0 amide bonds. The first-order chi connectivity index (χ1) is 17.1. The minimum Gasteiger partial charge on any atom is -0.361 e. The van der Waals surface area contributed by atoms with Gasteiger partial charge in [0.15, 0.2) is 0 Å². The van der Waals surface area contributed by atoms with E-state index in [-0.39, 0.29) is 0 Å². The Morgan fingerprint density at radius 1 is 1.06 bits per heavy atom. The van der Waals surface area contributed by atoms with Crippen molar-refractivity contribution in [3.05, 3.63) is 83.1 Å². The SMILES string of the molecule is Cc1c(Nc2c(C#N)cncc2C=Cc2ccc(CN3CCN(C)CC3)nc2)ccc2[nH]ccc12. The van der Waals surface area contributed by atoms with E-state index < -0.39 is 0 Å². The Bertz CT molecular complexity index is 1390. The number of aromatic amines is 1. The summed E-state index contributed by atoms with van der Waals surface area (Å²) in [7, 11) is 2.17. The highest BCUT2D eigenvalue weighted by molar-refractivity contribution is 5.90. The molecular formula is C28H29N7. The molecule has 7 heteroatoms. The fourth-order valence-electron chi connectivity index (χ4n) is 4.43. The molecule has 1 aliphatic rings. The standard InChI is InChI=1S/C28H29N7/c1-20-25-9-10-31-27(25)8-7-26(20)33-28-22(17-30-18-23(28)15-29)5-3-21-4-6-24(32-16-21)19-35-13-11-34(2)12-14-35/h3-10,16-18,31H,11-14,19H2,1-2H3,(H,30,33). The number of nitrogens with one attached hydrogen (secondary N) is 2. The van der Waals surface area contributed by atoms with Crippen molar-refractivity contribution in [2.24, 2.45) is 0 Å². The second-order valence-electron chi connectivity index (χ2n) is 9.06. The number of aromatic nitrogens is 3. The quantitative estimate of drug-likeness (QED) is 0.427. The van der Waals surface area contributed by atoms with E-state index in [9.17, 15) is 5.26 Å². The predicted octanol–water partition coefficient (Wildman–Crippen LogP) is 4.80. The zero-order chi connectivity index (χ0) is 24.2. The summed E-state index contributed by atoms with van der Waals surface area (Å²) < 4.78 is 0. The number of pyridine rings is 2. The maximum absolute atomic E-state index is 9.72. The van der Waals surface area contributed by atoms with Crippen LogP contribution in [0.3, 0.4) is 0 Å². The number of piperazine rings is 1. The van der Waals surface area contributed by atoms with Gasteiger partial charge < -0.3 is 15.2 Å². The van der Waals surface area contributed by atoms with Crippen LogP contribution in [0.5, 0.6) is 0 Å². The zero-order valence-electron chi connectivity index (χ0n) is 20.1. The van der Waals surface area contributed by atoms with Gasteiger partial charge in [0.05, 0.1) is 16.9 Å². The Labute approximate surface area is 205 Å². The molecule has 7 nitrogen and oxygen atoms in total. The van der Waals surface area contributed by atoms with Crippen LogP contribution in [0.2, 0.25) is 0 Å². The van der Waals surface area contributed by atoms with E-state index >= 15 is 0 Å². The summed E-state index contributed by atoms with van der Waals surface area (Å²) in [6, 6.07) is 12.6. The van der Waals surface area contributed by atoms with Crippen molar-refractivity contribution < 1.29 is 0 Å². The number of benzene rings is 1. The van der Waals surface area contributed by atoms with Crippen LogP contribution in [-0.2, 0) is 6.54 Å². The Balaban J connectivity index is 1.35. The monoisotopic (exact) mass is 463 g/mol. The van der Waals surface area contributed by atoms with Crippen molar-refractivity contribution in [1.82, 2.24) is 24.8 Å². The van der Waals surface area contributed by atoms with Gasteiger partial charge in [0.1, 0.15) is 6.07 Å². The van der Waals surface area contributed by atoms with Crippen molar-refractivity contribution in [3.8, 4) is 6.07 Å². The normalized spacial score (nSPS) is 15.0. The number of hydrogen-bond acceptors (Lipinski definition) is 6. The fourth-order valence-corrected chi connectivity index (χ4v) is 4.43. The largest absolute Gasteiger partial charge is 0.361 e. The van der Waals surface area contributed by atoms with Gasteiger partial charge in [-0.2, -0.15) is 5.26 Å². The second-order valence-corrected chi connectivity index (χ2v) is 9.06. The number of H-pyrrole nitrogens is 1. The van der Waals surface area contributed by atoms with Gasteiger partial charge in [-0.15, -0.1) is 0 Å². The minimum absolute atomic E-state index is 0.501. The predicted molar refractivity (Wildman–Crippen MR) is 141 cm³/mol. The summed E-state index contributed by atoms with van der Waals surface area (Å²) in [4.78, 5) is 17.0. The maximum Gasteiger partial charge on any atom is 0.103 e. The Morgan fingerprint density at radius 2 is 1.91 bits per heavy atom. The van der Waals surface area contributed by atoms with Gasteiger partial charge in [-0.1, -0.05) is 18.2 Å². The first-order valence-corrected chi connectivity index (χ1v) is 11.9. The van der Waals surface area contributed by atoms with Gasteiger partial charge in [0.2, 0.25) is 0 Å². The molecule has 4 aromatic rings. The van der Waals surface area contributed by atoms with Gasteiger partial charge >= 0.3 is 0 Å². The minimum atomic E-state index is 0.501. The number of likely N-dealkylation sites (N-methyl/N-ethyl adjacent to an activating group) is 1. The third kappa shape index (κ3) is 5.09. The van der Waals surface area contributed by atoms with Crippen LogP contribution in [0.25, 0.3) is 23.1 Å². The highest BCUT2D eigenvalue weighted by Gasteiger charge is 2.14. The van der Waals surface area contributed by atoms with Crippen LogP contribution in [0.4, 0.5) is 11.4 Å². The summed E-state index contributed by atoms with van der Waals surface area (Å²) in [6.07, 6.45) is 11.2. The van der Waals surface area contributed by atoms with Crippen molar-refractivity contribution in [2.75, 3.05) is 38.5 Å². The fraction of sp³-hybridized carbons (Fsp3) is 0.250. The zero-order valence-corrected chi connectivity index (χ0v) is 20.1. The average Bonchev–Trinajstić information content (AvgIpc) is 3.37. The van der Waals surface area contributed by atoms with Crippen molar-refractivity contribution in [3.63, 3.8) is 0 Å². The Kier molecular flexibility index (Phi) is 6.57. The topological polar surface area (TPSA) is 83.9 Å². The van der Waals surface area contributed by atoms with Crippen LogP contribution in [0.15, 0.2) is 55.1 Å². The molecule has 2 N–H and O–H groups in total. The molecule has 0 unspecified atom stereocenters. The Morgan fingerprint density at radius 3 is 2.69 bits per heavy atom. The first kappa shape index (κ1) is 22.8. The molecule has 1 saturated heterocycles. The molecule has 3 aromatic heterocycles. The van der Waals surface area contributed by atoms with Crippen LogP contribution >= 0.6 is 0 Å². The molecular weight excluding hydrogens is 434 g/mol. The van der Waals surface area contributed by atoms with Crippen molar-refractivity contribution in [2.45, 2.75) is 13.5 Å². The lowest BCUT2D eigenvalue weighted by atomic mass is 10.1. The molecule has 1 aromatic carbocycles. The number of aryl methyl sites for hydroxylation is 1. The van der Waals surface area contributed by atoms with E-state index in [1.165, 1.54) is 0 Å². The van der Waals surface area contributed by atoms with Crippen LogP contribution in [0.1, 0.15) is 27.9 Å². The Hall–Kier alpha value is -3.99. The molecule has 176 valence electrons. The molecule has 0 saturated carbocycles. The van der Waals surface area contributed by atoms with Gasteiger partial charge in [0.25, 0.3) is 0 Å². The summed E-state index contributed by atoms with van der Waals surface area (Å²) in [6.45, 7) is 7.32. The third-order valence-corrected chi connectivity index (χ3v) is 6.64. The van der Waals surface area contributed by atoms with E-state index in [0.717, 1.165) is 77.4 Å². The molecule has 0 bridgehead atoms. The molecule has 35 heavy (non-hydrogen) atoms. The first-order valence-electron chi connectivity index (χ1n) is 11.9. The van der Waals surface area contributed by atoms with E-state index in [1.54, 1.807) is 12.4 Å². The summed E-state index contributed by atoms with van der Waals surface area (Å²) in [5.41, 5.74) is 7.36. The highest BCUT2D eigenvalue weighted by Crippen LogP contribution is 2.31. The van der Waals surface area contributed by atoms with Gasteiger partial charge in [0, 0.05) is 79.7 Å².